The lowest BCUT2D eigenvalue weighted by molar-refractivity contribution is -0.119. The Morgan fingerprint density at radius 2 is 2.07 bits per heavy atom. The summed E-state index contributed by atoms with van der Waals surface area (Å²) in [5, 5.41) is 2.85. The molecule has 3 N–H and O–H groups in total. The third-order valence-corrected chi connectivity index (χ3v) is 2.00. The summed E-state index contributed by atoms with van der Waals surface area (Å²) >= 11 is 0. The smallest absolute Gasteiger partial charge is 0.180 e. The van der Waals surface area contributed by atoms with Crippen LogP contribution in [0.2, 0.25) is 0 Å². The quantitative estimate of drug-likeness (QED) is 0.608. The molecule has 0 rings (SSSR count). The predicted molar refractivity (Wildman–Crippen MR) is 59.5 cm³/mol. The van der Waals surface area contributed by atoms with E-state index in [1.54, 1.807) is 0 Å². The second kappa shape index (κ2) is 6.24. The molecular weight excluding hydrogens is 176 g/mol. The Bertz CT molecular complexity index is 233. The van der Waals surface area contributed by atoms with E-state index in [9.17, 15) is 4.79 Å². The van der Waals surface area contributed by atoms with Gasteiger partial charge in [0.2, 0.25) is 0 Å². The Morgan fingerprint density at radius 1 is 1.50 bits per heavy atom. The van der Waals surface area contributed by atoms with Crippen LogP contribution < -0.4 is 11.1 Å². The van der Waals surface area contributed by atoms with E-state index in [0.29, 0.717) is 17.9 Å². The number of nitrogens with one attached hydrogen (secondary N) is 1. The van der Waals surface area contributed by atoms with Crippen LogP contribution in [0.15, 0.2) is 24.6 Å². The van der Waals surface area contributed by atoms with Gasteiger partial charge in [-0.15, -0.1) is 0 Å². The highest BCUT2D eigenvalue weighted by Crippen LogP contribution is 2.09. The standard InChI is InChI=1S/C11H20N2O/c1-5-6-8(2)11(14)10(4)13-7-9(3)12/h8,13H,3-7,12H2,1-2H3. The number of carbonyl (C=O) groups is 1. The van der Waals surface area contributed by atoms with Crippen LogP contribution in [0, 0.1) is 5.92 Å². The minimum Gasteiger partial charge on any atom is -0.401 e. The van der Waals surface area contributed by atoms with Gasteiger partial charge in [-0.3, -0.25) is 4.79 Å². The highest BCUT2D eigenvalue weighted by atomic mass is 16.1. The van der Waals surface area contributed by atoms with Gasteiger partial charge in [-0.05, 0) is 6.42 Å². The fourth-order valence-corrected chi connectivity index (χ4v) is 1.17. The van der Waals surface area contributed by atoms with E-state index in [2.05, 4.69) is 25.4 Å². The molecule has 0 radical (unpaired) electrons. The van der Waals surface area contributed by atoms with E-state index in [4.69, 9.17) is 5.73 Å². The van der Waals surface area contributed by atoms with Crippen LogP contribution in [0.5, 0.6) is 0 Å². The van der Waals surface area contributed by atoms with Crippen molar-refractivity contribution in [2.75, 3.05) is 6.54 Å². The molecule has 0 aromatic heterocycles. The lowest BCUT2D eigenvalue weighted by Crippen LogP contribution is -2.27. The maximum Gasteiger partial charge on any atom is 0.180 e. The maximum atomic E-state index is 11.6. The molecule has 3 nitrogen and oxygen atoms in total. The molecule has 0 fully saturated rings. The summed E-state index contributed by atoms with van der Waals surface area (Å²) in [7, 11) is 0. The first-order chi connectivity index (χ1) is 6.49. The molecule has 80 valence electrons. The Balaban J connectivity index is 3.99. The number of nitrogens with two attached hydrogens (primary N) is 1. The van der Waals surface area contributed by atoms with E-state index in [1.807, 2.05) is 6.92 Å². The normalized spacial score (nSPS) is 11.9. The molecule has 0 aliphatic carbocycles. The minimum absolute atomic E-state index is 0.0334. The van der Waals surface area contributed by atoms with Crippen molar-refractivity contribution in [3.63, 3.8) is 0 Å². The number of carbonyl (C=O) groups excluding carboxylic acids is 1. The highest BCUT2D eigenvalue weighted by molar-refractivity contribution is 5.95. The number of rotatable bonds is 7. The van der Waals surface area contributed by atoms with Gasteiger partial charge in [0.15, 0.2) is 5.78 Å². The van der Waals surface area contributed by atoms with Gasteiger partial charge in [-0.2, -0.15) is 0 Å². The van der Waals surface area contributed by atoms with Crippen molar-refractivity contribution in [2.24, 2.45) is 11.7 Å². The van der Waals surface area contributed by atoms with E-state index in [0.717, 1.165) is 12.8 Å². The summed E-state index contributed by atoms with van der Waals surface area (Å²) in [6, 6.07) is 0. The second-order valence-electron chi connectivity index (χ2n) is 3.54. The zero-order valence-electron chi connectivity index (χ0n) is 9.10. The van der Waals surface area contributed by atoms with E-state index in [-0.39, 0.29) is 11.7 Å². The first-order valence-corrected chi connectivity index (χ1v) is 4.89. The van der Waals surface area contributed by atoms with E-state index < -0.39 is 0 Å². The fraction of sp³-hybridized carbons (Fsp3) is 0.545. The van der Waals surface area contributed by atoms with Crippen LogP contribution in [0.3, 0.4) is 0 Å². The van der Waals surface area contributed by atoms with Crippen LogP contribution >= 0.6 is 0 Å². The molecule has 0 bridgehead atoms. The Kier molecular flexibility index (Phi) is 5.68. The van der Waals surface area contributed by atoms with Gasteiger partial charge in [0.05, 0.1) is 12.2 Å². The predicted octanol–water partition coefficient (Wildman–Crippen LogP) is 1.57. The Labute approximate surface area is 86.1 Å². The van der Waals surface area contributed by atoms with Crippen molar-refractivity contribution in [3.8, 4) is 0 Å². The van der Waals surface area contributed by atoms with Gasteiger partial charge < -0.3 is 11.1 Å². The summed E-state index contributed by atoms with van der Waals surface area (Å²) < 4.78 is 0. The average molecular weight is 196 g/mol. The molecule has 0 amide bonds. The van der Waals surface area contributed by atoms with Gasteiger partial charge in [-0.1, -0.05) is 33.4 Å². The van der Waals surface area contributed by atoms with Gasteiger partial charge in [0.25, 0.3) is 0 Å². The molecule has 0 aromatic carbocycles. The van der Waals surface area contributed by atoms with Crippen molar-refractivity contribution in [1.82, 2.24) is 5.32 Å². The van der Waals surface area contributed by atoms with Gasteiger partial charge in [-0.25, -0.2) is 0 Å². The Hall–Kier alpha value is -1.25. The molecule has 0 saturated carbocycles. The summed E-state index contributed by atoms with van der Waals surface area (Å²) in [5.74, 6) is 0.0964. The van der Waals surface area contributed by atoms with Crippen LogP contribution in [0.1, 0.15) is 26.7 Å². The lowest BCUT2D eigenvalue weighted by atomic mass is 9.99. The zero-order chi connectivity index (χ0) is 11.1. The number of ketones is 1. The Morgan fingerprint density at radius 3 is 2.50 bits per heavy atom. The van der Waals surface area contributed by atoms with Crippen molar-refractivity contribution in [1.29, 1.82) is 0 Å². The lowest BCUT2D eigenvalue weighted by Gasteiger charge is -2.12. The molecule has 0 heterocycles. The average Bonchev–Trinajstić information content (AvgIpc) is 2.13. The number of hydrogen-bond donors (Lipinski definition) is 2. The minimum atomic E-state index is 0.0334. The second-order valence-corrected chi connectivity index (χ2v) is 3.54. The van der Waals surface area contributed by atoms with E-state index in [1.165, 1.54) is 0 Å². The SMILES string of the molecule is C=C(N)CNC(=C)C(=O)C(C)CCC. The molecule has 3 heteroatoms. The molecular formula is C11H20N2O. The van der Waals surface area contributed by atoms with Gasteiger partial charge in [0.1, 0.15) is 0 Å². The van der Waals surface area contributed by atoms with Crippen LogP contribution in [0.4, 0.5) is 0 Å². The molecule has 14 heavy (non-hydrogen) atoms. The van der Waals surface area contributed by atoms with Crippen molar-refractivity contribution in [3.05, 3.63) is 24.6 Å². The summed E-state index contributed by atoms with van der Waals surface area (Å²) in [4.78, 5) is 11.6. The number of hydrogen-bond acceptors (Lipinski definition) is 3. The van der Waals surface area contributed by atoms with Crippen LogP contribution in [0.25, 0.3) is 0 Å². The summed E-state index contributed by atoms with van der Waals surface area (Å²) in [6.45, 7) is 11.6. The third kappa shape index (κ3) is 4.70. The van der Waals surface area contributed by atoms with Crippen molar-refractivity contribution >= 4 is 5.78 Å². The summed E-state index contributed by atoms with van der Waals surface area (Å²) in [5.41, 5.74) is 6.30. The molecule has 0 aliphatic heterocycles. The van der Waals surface area contributed by atoms with Crippen molar-refractivity contribution in [2.45, 2.75) is 26.7 Å². The molecule has 0 aliphatic rings. The number of Topliss-reactive ketones (excluding diaryl/α,β-unsaturated/α-hetero) is 1. The van der Waals surface area contributed by atoms with Crippen LogP contribution in [-0.4, -0.2) is 12.3 Å². The molecule has 0 aromatic rings. The monoisotopic (exact) mass is 196 g/mol. The van der Waals surface area contributed by atoms with Gasteiger partial charge in [0, 0.05) is 11.6 Å². The topological polar surface area (TPSA) is 55.1 Å². The molecule has 0 spiro atoms. The molecule has 1 unspecified atom stereocenters. The number of allylic oxidation sites excluding steroid dienone is 1. The van der Waals surface area contributed by atoms with Crippen LogP contribution in [-0.2, 0) is 4.79 Å². The maximum absolute atomic E-state index is 11.6. The van der Waals surface area contributed by atoms with Crippen molar-refractivity contribution < 1.29 is 4.79 Å². The largest absolute Gasteiger partial charge is 0.401 e. The highest BCUT2D eigenvalue weighted by Gasteiger charge is 2.14. The first kappa shape index (κ1) is 12.8. The summed E-state index contributed by atoms with van der Waals surface area (Å²) in [6.07, 6.45) is 1.90. The fourth-order valence-electron chi connectivity index (χ4n) is 1.17. The third-order valence-electron chi connectivity index (χ3n) is 2.00. The molecule has 1 atom stereocenters. The first-order valence-electron chi connectivity index (χ1n) is 4.89. The van der Waals surface area contributed by atoms with E-state index >= 15 is 0 Å². The molecule has 0 saturated heterocycles. The van der Waals surface area contributed by atoms with Gasteiger partial charge >= 0.3 is 0 Å². The zero-order valence-corrected chi connectivity index (χ0v) is 9.10.